The van der Waals surface area contributed by atoms with Crippen LogP contribution in [0.2, 0.25) is 0 Å². The van der Waals surface area contributed by atoms with E-state index in [-0.39, 0.29) is 5.54 Å². The molecule has 1 rings (SSSR count). The van der Waals surface area contributed by atoms with Gasteiger partial charge in [-0.2, -0.15) is 0 Å². The molecule has 90 valence electrons. The molecule has 1 fully saturated rings. The molecule has 15 heavy (non-hydrogen) atoms. The second-order valence-electron chi connectivity index (χ2n) is 5.11. The first-order chi connectivity index (χ1) is 7.12. The van der Waals surface area contributed by atoms with Gasteiger partial charge in [0.25, 0.3) is 0 Å². The molecule has 1 aliphatic rings. The molecule has 0 spiro atoms. The van der Waals surface area contributed by atoms with E-state index in [2.05, 4.69) is 18.7 Å². The zero-order valence-electron chi connectivity index (χ0n) is 10.5. The molecule has 1 aliphatic heterocycles. The lowest BCUT2D eigenvalue weighted by Crippen LogP contribution is -2.54. The van der Waals surface area contributed by atoms with Gasteiger partial charge in [-0.25, -0.2) is 0 Å². The summed E-state index contributed by atoms with van der Waals surface area (Å²) in [6.45, 7) is 8.52. The first-order valence-corrected chi connectivity index (χ1v) is 6.06. The Balaban J connectivity index is 2.49. The maximum absolute atomic E-state index is 5.92. The van der Waals surface area contributed by atoms with Crippen molar-refractivity contribution in [2.24, 2.45) is 11.7 Å². The number of hydrogen-bond donors (Lipinski definition) is 1. The van der Waals surface area contributed by atoms with Crippen LogP contribution in [0, 0.1) is 5.92 Å². The molecule has 3 heteroatoms. The van der Waals surface area contributed by atoms with Crippen LogP contribution in [0.25, 0.3) is 0 Å². The van der Waals surface area contributed by atoms with Gasteiger partial charge in [0.15, 0.2) is 0 Å². The predicted molar refractivity (Wildman–Crippen MR) is 63.9 cm³/mol. The van der Waals surface area contributed by atoms with Crippen molar-refractivity contribution in [1.29, 1.82) is 0 Å². The van der Waals surface area contributed by atoms with E-state index < -0.39 is 0 Å². The molecule has 1 heterocycles. The molecule has 1 atom stereocenters. The third-order valence-electron chi connectivity index (χ3n) is 3.83. The molecule has 0 radical (unpaired) electrons. The first-order valence-electron chi connectivity index (χ1n) is 6.06. The summed E-state index contributed by atoms with van der Waals surface area (Å²) in [7, 11) is 1.76. The van der Waals surface area contributed by atoms with E-state index in [0.29, 0.717) is 0 Å². The van der Waals surface area contributed by atoms with Crippen molar-refractivity contribution in [3.8, 4) is 0 Å². The molecule has 0 amide bonds. The Kier molecular flexibility index (Phi) is 5.03. The van der Waals surface area contributed by atoms with Gasteiger partial charge in [0.2, 0.25) is 0 Å². The van der Waals surface area contributed by atoms with Crippen molar-refractivity contribution in [3.63, 3.8) is 0 Å². The molecule has 1 saturated heterocycles. The number of nitrogens with zero attached hydrogens (tertiary/aromatic N) is 1. The van der Waals surface area contributed by atoms with E-state index in [0.717, 1.165) is 25.5 Å². The lowest BCUT2D eigenvalue weighted by Gasteiger charge is -2.44. The molecule has 0 aromatic carbocycles. The second kappa shape index (κ2) is 5.83. The summed E-state index contributed by atoms with van der Waals surface area (Å²) in [5, 5.41) is 0. The van der Waals surface area contributed by atoms with Crippen LogP contribution in [0.3, 0.4) is 0 Å². The minimum absolute atomic E-state index is 0.135. The van der Waals surface area contributed by atoms with Gasteiger partial charge in [-0.3, -0.25) is 4.90 Å². The Hall–Kier alpha value is -0.120. The summed E-state index contributed by atoms with van der Waals surface area (Å²) in [6.07, 6.45) is 3.65. The average molecular weight is 214 g/mol. The van der Waals surface area contributed by atoms with Gasteiger partial charge >= 0.3 is 0 Å². The van der Waals surface area contributed by atoms with Gasteiger partial charge in [0.05, 0.1) is 0 Å². The van der Waals surface area contributed by atoms with Gasteiger partial charge in [-0.05, 0) is 45.2 Å². The van der Waals surface area contributed by atoms with Crippen LogP contribution >= 0.6 is 0 Å². The summed E-state index contributed by atoms with van der Waals surface area (Å²) < 4.78 is 5.17. The number of piperidine rings is 1. The topological polar surface area (TPSA) is 38.5 Å². The van der Waals surface area contributed by atoms with Crippen LogP contribution in [0.15, 0.2) is 0 Å². The largest absolute Gasteiger partial charge is 0.385 e. The van der Waals surface area contributed by atoms with Crippen molar-refractivity contribution >= 4 is 0 Å². The van der Waals surface area contributed by atoms with Crippen molar-refractivity contribution in [2.75, 3.05) is 33.4 Å². The lowest BCUT2D eigenvalue weighted by molar-refractivity contribution is 0.0426. The van der Waals surface area contributed by atoms with Gasteiger partial charge in [-0.15, -0.1) is 0 Å². The molecule has 0 aromatic heterocycles. The zero-order chi connectivity index (χ0) is 11.3. The van der Waals surface area contributed by atoms with Crippen LogP contribution in [0.4, 0.5) is 0 Å². The Morgan fingerprint density at radius 1 is 1.40 bits per heavy atom. The zero-order valence-corrected chi connectivity index (χ0v) is 10.5. The number of nitrogens with two attached hydrogens (primary N) is 1. The monoisotopic (exact) mass is 214 g/mol. The summed E-state index contributed by atoms with van der Waals surface area (Å²) >= 11 is 0. The Labute approximate surface area is 94.0 Å². The van der Waals surface area contributed by atoms with Crippen LogP contribution in [-0.2, 0) is 4.74 Å². The number of hydrogen-bond acceptors (Lipinski definition) is 3. The third kappa shape index (κ3) is 3.44. The summed E-state index contributed by atoms with van der Waals surface area (Å²) in [5.74, 6) is 0.880. The molecular weight excluding hydrogens is 188 g/mol. The minimum atomic E-state index is 0.135. The summed E-state index contributed by atoms with van der Waals surface area (Å²) in [4.78, 5) is 2.55. The van der Waals surface area contributed by atoms with E-state index in [1.807, 2.05) is 0 Å². The molecule has 0 saturated carbocycles. The molecule has 1 unspecified atom stereocenters. The van der Waals surface area contributed by atoms with Crippen LogP contribution < -0.4 is 5.73 Å². The molecule has 2 N–H and O–H groups in total. The number of likely N-dealkylation sites (tertiary alicyclic amines) is 1. The second-order valence-corrected chi connectivity index (χ2v) is 5.11. The Morgan fingerprint density at radius 2 is 2.00 bits per heavy atom. The van der Waals surface area contributed by atoms with Gasteiger partial charge in [0, 0.05) is 25.8 Å². The number of rotatable bonds is 5. The smallest absolute Gasteiger partial charge is 0.0480 e. The van der Waals surface area contributed by atoms with Gasteiger partial charge in [0.1, 0.15) is 0 Å². The van der Waals surface area contributed by atoms with E-state index >= 15 is 0 Å². The molecule has 3 nitrogen and oxygen atoms in total. The van der Waals surface area contributed by atoms with E-state index in [1.165, 1.54) is 25.9 Å². The Morgan fingerprint density at radius 3 is 2.47 bits per heavy atom. The van der Waals surface area contributed by atoms with Crippen molar-refractivity contribution in [1.82, 2.24) is 4.90 Å². The van der Waals surface area contributed by atoms with E-state index in [4.69, 9.17) is 10.5 Å². The fraction of sp³-hybridized carbons (Fsp3) is 1.00. The molecule has 0 aliphatic carbocycles. The molecular formula is C12H26N2O. The molecule has 0 bridgehead atoms. The maximum Gasteiger partial charge on any atom is 0.0480 e. The fourth-order valence-electron chi connectivity index (χ4n) is 2.26. The predicted octanol–water partition coefficient (Wildman–Crippen LogP) is 1.47. The number of ether oxygens (including phenoxy) is 1. The van der Waals surface area contributed by atoms with Crippen LogP contribution in [0.1, 0.15) is 33.1 Å². The van der Waals surface area contributed by atoms with Gasteiger partial charge < -0.3 is 10.5 Å². The SMILES string of the molecule is COCCC(C)(CN)N1CCC(C)CC1. The molecule has 0 aromatic rings. The van der Waals surface area contributed by atoms with E-state index in [1.54, 1.807) is 7.11 Å². The van der Waals surface area contributed by atoms with Crippen molar-refractivity contribution in [3.05, 3.63) is 0 Å². The minimum Gasteiger partial charge on any atom is -0.385 e. The standard InChI is InChI=1S/C12H26N2O/c1-11-4-7-14(8-5-11)12(2,10-13)6-9-15-3/h11H,4-10,13H2,1-3H3. The average Bonchev–Trinajstić information content (AvgIpc) is 2.27. The number of methoxy groups -OCH3 is 1. The van der Waals surface area contributed by atoms with Crippen molar-refractivity contribution in [2.45, 2.75) is 38.6 Å². The first kappa shape index (κ1) is 12.9. The summed E-state index contributed by atoms with van der Waals surface area (Å²) in [6, 6.07) is 0. The summed E-state index contributed by atoms with van der Waals surface area (Å²) in [5.41, 5.74) is 6.05. The van der Waals surface area contributed by atoms with E-state index in [9.17, 15) is 0 Å². The lowest BCUT2D eigenvalue weighted by atomic mass is 9.90. The highest BCUT2D eigenvalue weighted by Gasteiger charge is 2.32. The van der Waals surface area contributed by atoms with Crippen LogP contribution in [-0.4, -0.2) is 43.8 Å². The normalized spacial score (nSPS) is 24.0. The maximum atomic E-state index is 5.92. The van der Waals surface area contributed by atoms with Crippen LogP contribution in [0.5, 0.6) is 0 Å². The van der Waals surface area contributed by atoms with Crippen molar-refractivity contribution < 1.29 is 4.74 Å². The van der Waals surface area contributed by atoms with Gasteiger partial charge in [-0.1, -0.05) is 6.92 Å². The third-order valence-corrected chi connectivity index (χ3v) is 3.83. The highest BCUT2D eigenvalue weighted by Crippen LogP contribution is 2.25. The highest BCUT2D eigenvalue weighted by atomic mass is 16.5. The highest BCUT2D eigenvalue weighted by molar-refractivity contribution is 4.89. The fourth-order valence-corrected chi connectivity index (χ4v) is 2.26. The Bertz CT molecular complexity index is 178. The quantitative estimate of drug-likeness (QED) is 0.753.